The molecule has 2 unspecified atom stereocenters. The monoisotopic (exact) mass is 352 g/mol. The maximum absolute atomic E-state index is 12.8. The molecule has 2 aromatic carbocycles. The molecule has 2 aromatic rings. The van der Waals surface area contributed by atoms with Gasteiger partial charge in [0.15, 0.2) is 0 Å². The van der Waals surface area contributed by atoms with Gasteiger partial charge >= 0.3 is 6.16 Å². The van der Waals surface area contributed by atoms with Gasteiger partial charge in [-0.3, -0.25) is 14.9 Å². The Kier molecular flexibility index (Phi) is 3.55. The Balaban J connectivity index is 1.99. The van der Waals surface area contributed by atoms with Crippen LogP contribution in [0, 0.1) is 0 Å². The first-order chi connectivity index (χ1) is 12.5. The molecule has 26 heavy (non-hydrogen) atoms. The lowest BCUT2D eigenvalue weighted by Crippen LogP contribution is -2.57. The summed E-state index contributed by atoms with van der Waals surface area (Å²) in [7, 11) is 1.13. The van der Waals surface area contributed by atoms with Crippen molar-refractivity contribution in [2.24, 2.45) is 5.73 Å². The van der Waals surface area contributed by atoms with Crippen LogP contribution in [0.3, 0.4) is 0 Å². The van der Waals surface area contributed by atoms with Gasteiger partial charge in [-0.2, -0.15) is 0 Å². The number of carbonyl (C=O) groups is 3. The summed E-state index contributed by atoms with van der Waals surface area (Å²) in [6.45, 7) is 0. The van der Waals surface area contributed by atoms with Crippen molar-refractivity contribution in [1.82, 2.24) is 5.32 Å². The predicted octanol–water partition coefficient (Wildman–Crippen LogP) is 1.30. The molecule has 0 bridgehead atoms. The topological polar surface area (TPSA) is 108 Å². The highest BCUT2D eigenvalue weighted by molar-refractivity contribution is 6.13. The minimum atomic E-state index is -1.92. The summed E-state index contributed by atoms with van der Waals surface area (Å²) in [6.07, 6.45) is -1.08. The summed E-state index contributed by atoms with van der Waals surface area (Å²) in [4.78, 5) is 37.0. The van der Waals surface area contributed by atoms with Gasteiger partial charge in [0.1, 0.15) is 6.04 Å². The molecule has 0 aromatic heterocycles. The lowest BCUT2D eigenvalue weighted by atomic mass is 9.76. The van der Waals surface area contributed by atoms with Gasteiger partial charge in [-0.1, -0.05) is 48.5 Å². The van der Waals surface area contributed by atoms with Gasteiger partial charge in [0.25, 0.3) is 5.91 Å². The van der Waals surface area contributed by atoms with Crippen molar-refractivity contribution >= 4 is 18.0 Å². The molecule has 0 spiro atoms. The molecule has 1 heterocycles. The minimum absolute atomic E-state index is 0.694. The van der Waals surface area contributed by atoms with Gasteiger partial charge in [-0.15, -0.1) is 0 Å². The standard InChI is InChI=1S/C19H16N2O5/c1-25-18(24)26-19(15(20)16(22)21-17(19)23)14-12-8-4-2-6-10(12)11-7-3-5-9-13(11)14/h2-9,14-15H,20H2,1H3,(H,21,22,23). The second kappa shape index (κ2) is 5.67. The Morgan fingerprint density at radius 3 is 2.04 bits per heavy atom. The number of nitrogens with two attached hydrogens (primary N) is 1. The third-order valence-corrected chi connectivity index (χ3v) is 5.02. The summed E-state index contributed by atoms with van der Waals surface area (Å²) < 4.78 is 10.0. The van der Waals surface area contributed by atoms with Crippen LogP contribution < -0.4 is 11.1 Å². The molecular formula is C19H16N2O5. The molecule has 7 nitrogen and oxygen atoms in total. The SMILES string of the molecule is COC(=O)OC1(C2c3ccccc3-c3ccccc32)C(=O)NC(=O)C1N. The molecule has 1 fully saturated rings. The highest BCUT2D eigenvalue weighted by Gasteiger charge is 2.64. The van der Waals surface area contributed by atoms with E-state index in [2.05, 4.69) is 10.1 Å². The largest absolute Gasteiger partial charge is 0.509 e. The summed E-state index contributed by atoms with van der Waals surface area (Å²) in [5.41, 5.74) is 7.49. The Bertz CT molecular complexity index is 896. The highest BCUT2D eigenvalue weighted by atomic mass is 16.7. The fourth-order valence-electron chi connectivity index (χ4n) is 3.90. The molecule has 1 aliphatic heterocycles. The van der Waals surface area contributed by atoms with E-state index < -0.39 is 35.5 Å². The van der Waals surface area contributed by atoms with Crippen LogP contribution in [0.25, 0.3) is 11.1 Å². The molecule has 1 saturated heterocycles. The molecule has 2 atom stereocenters. The van der Waals surface area contributed by atoms with Crippen molar-refractivity contribution in [3.63, 3.8) is 0 Å². The number of imide groups is 1. The molecular weight excluding hydrogens is 336 g/mol. The highest BCUT2D eigenvalue weighted by Crippen LogP contribution is 2.52. The van der Waals surface area contributed by atoms with E-state index in [-0.39, 0.29) is 0 Å². The zero-order chi connectivity index (χ0) is 18.5. The normalized spacial score (nSPS) is 24.0. The lowest BCUT2D eigenvalue weighted by molar-refractivity contribution is -0.140. The number of carbonyl (C=O) groups excluding carboxylic acids is 3. The van der Waals surface area contributed by atoms with Gasteiger partial charge in [-0.25, -0.2) is 4.79 Å². The first kappa shape index (κ1) is 16.3. The first-order valence-electron chi connectivity index (χ1n) is 8.06. The fraction of sp³-hybridized carbons (Fsp3) is 0.211. The third-order valence-electron chi connectivity index (χ3n) is 5.02. The molecule has 2 amide bonds. The predicted molar refractivity (Wildman–Crippen MR) is 91.1 cm³/mol. The van der Waals surface area contributed by atoms with E-state index in [1.165, 1.54) is 0 Å². The first-order valence-corrected chi connectivity index (χ1v) is 8.06. The molecule has 2 aliphatic rings. The Morgan fingerprint density at radius 1 is 1.04 bits per heavy atom. The van der Waals surface area contributed by atoms with E-state index >= 15 is 0 Å². The number of amides is 2. The number of nitrogens with one attached hydrogen (secondary N) is 1. The fourth-order valence-corrected chi connectivity index (χ4v) is 3.90. The summed E-state index contributed by atoms with van der Waals surface area (Å²) in [5.74, 6) is -2.17. The molecule has 0 radical (unpaired) electrons. The third kappa shape index (κ3) is 2.01. The van der Waals surface area contributed by atoms with Crippen molar-refractivity contribution in [3.05, 3.63) is 59.7 Å². The number of fused-ring (bicyclic) bond motifs is 3. The van der Waals surface area contributed by atoms with Crippen LogP contribution in [-0.4, -0.2) is 36.7 Å². The summed E-state index contributed by atoms with van der Waals surface area (Å²) in [5, 5.41) is 2.19. The number of hydrogen-bond donors (Lipinski definition) is 2. The van der Waals surface area contributed by atoms with Crippen LogP contribution in [0.1, 0.15) is 17.0 Å². The number of hydrogen-bond acceptors (Lipinski definition) is 6. The van der Waals surface area contributed by atoms with Gasteiger partial charge in [0, 0.05) is 0 Å². The molecule has 132 valence electrons. The molecule has 4 rings (SSSR count). The summed E-state index contributed by atoms with van der Waals surface area (Å²) in [6, 6.07) is 13.6. The van der Waals surface area contributed by atoms with Gasteiger partial charge in [0.05, 0.1) is 13.0 Å². The number of rotatable bonds is 2. The molecule has 3 N–H and O–H groups in total. The molecule has 1 aliphatic carbocycles. The molecule has 7 heteroatoms. The van der Waals surface area contributed by atoms with E-state index in [4.69, 9.17) is 10.5 Å². The van der Waals surface area contributed by atoms with Crippen LogP contribution >= 0.6 is 0 Å². The van der Waals surface area contributed by atoms with Crippen molar-refractivity contribution in [2.75, 3.05) is 7.11 Å². The summed E-state index contributed by atoms with van der Waals surface area (Å²) >= 11 is 0. The van der Waals surface area contributed by atoms with Gasteiger partial charge < -0.3 is 15.2 Å². The van der Waals surface area contributed by atoms with Gasteiger partial charge in [-0.05, 0) is 22.3 Å². The maximum atomic E-state index is 12.8. The van der Waals surface area contributed by atoms with Crippen LogP contribution in [0.15, 0.2) is 48.5 Å². The van der Waals surface area contributed by atoms with E-state index in [0.29, 0.717) is 0 Å². The van der Waals surface area contributed by atoms with Crippen LogP contribution in [-0.2, 0) is 19.1 Å². The second-order valence-electron chi connectivity index (χ2n) is 6.25. The van der Waals surface area contributed by atoms with Crippen molar-refractivity contribution in [2.45, 2.75) is 17.6 Å². The Hall–Kier alpha value is -3.19. The minimum Gasteiger partial charge on any atom is -0.438 e. The van der Waals surface area contributed by atoms with Crippen molar-refractivity contribution in [1.29, 1.82) is 0 Å². The van der Waals surface area contributed by atoms with E-state index in [1.807, 2.05) is 48.5 Å². The average Bonchev–Trinajstić information content (AvgIpc) is 3.09. The van der Waals surface area contributed by atoms with E-state index in [1.54, 1.807) is 0 Å². The quantitative estimate of drug-likeness (QED) is 0.623. The van der Waals surface area contributed by atoms with Crippen LogP contribution in [0.4, 0.5) is 4.79 Å². The van der Waals surface area contributed by atoms with E-state index in [0.717, 1.165) is 29.4 Å². The van der Waals surface area contributed by atoms with Crippen molar-refractivity contribution in [3.8, 4) is 11.1 Å². The zero-order valence-electron chi connectivity index (χ0n) is 13.9. The Labute approximate surface area is 149 Å². The average molecular weight is 352 g/mol. The number of benzene rings is 2. The zero-order valence-corrected chi connectivity index (χ0v) is 13.9. The number of ether oxygens (including phenoxy) is 2. The smallest absolute Gasteiger partial charge is 0.438 e. The Morgan fingerprint density at radius 2 is 1.58 bits per heavy atom. The van der Waals surface area contributed by atoms with Gasteiger partial charge in [0.2, 0.25) is 11.5 Å². The molecule has 0 saturated carbocycles. The number of methoxy groups -OCH3 is 1. The van der Waals surface area contributed by atoms with Crippen molar-refractivity contribution < 1.29 is 23.9 Å². The maximum Gasteiger partial charge on any atom is 0.509 e. The van der Waals surface area contributed by atoms with E-state index in [9.17, 15) is 14.4 Å². The van der Waals surface area contributed by atoms with Crippen LogP contribution in [0.2, 0.25) is 0 Å². The lowest BCUT2D eigenvalue weighted by Gasteiger charge is -2.35. The second-order valence-corrected chi connectivity index (χ2v) is 6.25. The van der Waals surface area contributed by atoms with Crippen LogP contribution in [0.5, 0.6) is 0 Å².